The summed E-state index contributed by atoms with van der Waals surface area (Å²) in [6, 6.07) is 0.296. The number of aromatic nitrogens is 1. The fourth-order valence-corrected chi connectivity index (χ4v) is 0.914. The second-order valence-electron chi connectivity index (χ2n) is 2.93. The molecule has 1 aromatic heterocycles. The predicted octanol–water partition coefficient (Wildman–Crippen LogP) is -0.00990. The second-order valence-corrected chi connectivity index (χ2v) is 2.93. The van der Waals surface area contributed by atoms with Crippen molar-refractivity contribution in [2.45, 2.75) is 13.0 Å². The van der Waals surface area contributed by atoms with Gasteiger partial charge in [-0.15, -0.1) is 0 Å². The molecule has 1 amide bonds. The molecule has 1 aromatic rings. The van der Waals surface area contributed by atoms with Gasteiger partial charge in [0.2, 0.25) is 0 Å². The van der Waals surface area contributed by atoms with Gasteiger partial charge in [0, 0.05) is 6.20 Å². The Hall–Kier alpha value is -2.11. The van der Waals surface area contributed by atoms with Crippen LogP contribution in [0.5, 0.6) is 5.75 Å². The van der Waals surface area contributed by atoms with Crippen molar-refractivity contribution in [3.63, 3.8) is 0 Å². The maximum Gasteiger partial charge on any atom is 0.325 e. The monoisotopic (exact) mass is 210 g/mol. The smallest absolute Gasteiger partial charge is 0.325 e. The molecule has 1 atom stereocenters. The highest BCUT2D eigenvalue weighted by molar-refractivity contribution is 5.98. The number of carbonyl (C=O) groups is 2. The van der Waals surface area contributed by atoms with Crippen molar-refractivity contribution in [3.05, 3.63) is 24.0 Å². The van der Waals surface area contributed by atoms with Crippen molar-refractivity contribution >= 4 is 11.9 Å². The lowest BCUT2D eigenvalue weighted by molar-refractivity contribution is -0.138. The van der Waals surface area contributed by atoms with Crippen LogP contribution in [0.4, 0.5) is 0 Å². The lowest BCUT2D eigenvalue weighted by Crippen LogP contribution is -2.38. The molecule has 0 aliphatic rings. The van der Waals surface area contributed by atoms with E-state index in [4.69, 9.17) is 5.11 Å². The highest BCUT2D eigenvalue weighted by Gasteiger charge is 2.17. The minimum Gasteiger partial charge on any atom is -0.505 e. The molecule has 0 aliphatic heterocycles. The Morgan fingerprint density at radius 3 is 2.73 bits per heavy atom. The lowest BCUT2D eigenvalue weighted by Gasteiger charge is -2.09. The summed E-state index contributed by atoms with van der Waals surface area (Å²) in [6.07, 6.45) is 2.44. The van der Waals surface area contributed by atoms with Gasteiger partial charge in [-0.1, -0.05) is 0 Å². The molecule has 0 aromatic carbocycles. The summed E-state index contributed by atoms with van der Waals surface area (Å²) < 4.78 is 0. The molecule has 1 rings (SSSR count). The van der Waals surface area contributed by atoms with Gasteiger partial charge in [-0.2, -0.15) is 0 Å². The highest BCUT2D eigenvalue weighted by atomic mass is 16.4. The van der Waals surface area contributed by atoms with Crippen LogP contribution in [0.15, 0.2) is 18.5 Å². The molecule has 0 saturated carbocycles. The van der Waals surface area contributed by atoms with Crippen LogP contribution in [0.2, 0.25) is 0 Å². The molecule has 15 heavy (non-hydrogen) atoms. The van der Waals surface area contributed by atoms with Crippen molar-refractivity contribution in [1.29, 1.82) is 0 Å². The van der Waals surface area contributed by atoms with E-state index in [2.05, 4.69) is 10.3 Å². The molecule has 0 spiro atoms. The molecule has 0 radical (unpaired) electrons. The van der Waals surface area contributed by atoms with E-state index in [-0.39, 0.29) is 11.3 Å². The first-order valence-electron chi connectivity index (χ1n) is 4.19. The number of hydrogen-bond donors (Lipinski definition) is 3. The number of aliphatic carboxylic acids is 1. The topological polar surface area (TPSA) is 99.5 Å². The summed E-state index contributed by atoms with van der Waals surface area (Å²) in [5.74, 6) is -2.07. The van der Waals surface area contributed by atoms with E-state index in [0.717, 1.165) is 6.20 Å². The molecule has 0 fully saturated rings. The van der Waals surface area contributed by atoms with E-state index in [1.165, 1.54) is 19.2 Å². The van der Waals surface area contributed by atoms with Crippen LogP contribution >= 0.6 is 0 Å². The number of carbonyl (C=O) groups excluding carboxylic acids is 1. The minimum absolute atomic E-state index is 0.00176. The fraction of sp³-hybridized carbons (Fsp3) is 0.222. The molecule has 6 nitrogen and oxygen atoms in total. The number of aromatic hydroxyl groups is 1. The first kappa shape index (κ1) is 11.0. The zero-order valence-electron chi connectivity index (χ0n) is 7.97. The molecule has 1 heterocycles. The summed E-state index contributed by atoms with van der Waals surface area (Å²) in [4.78, 5) is 25.5. The van der Waals surface area contributed by atoms with Gasteiger partial charge in [0.1, 0.15) is 11.8 Å². The minimum atomic E-state index is -1.14. The third-order valence-corrected chi connectivity index (χ3v) is 1.76. The predicted molar refractivity (Wildman–Crippen MR) is 50.5 cm³/mol. The molecule has 0 bridgehead atoms. The van der Waals surface area contributed by atoms with Gasteiger partial charge >= 0.3 is 5.97 Å². The maximum atomic E-state index is 11.4. The number of nitrogens with zero attached hydrogens (tertiary/aromatic N) is 1. The lowest BCUT2D eigenvalue weighted by atomic mass is 10.2. The largest absolute Gasteiger partial charge is 0.505 e. The molecule has 0 unspecified atom stereocenters. The molecule has 0 saturated heterocycles. The van der Waals surface area contributed by atoms with Gasteiger partial charge in [0.25, 0.3) is 5.91 Å². The number of carboxylic acids is 1. The van der Waals surface area contributed by atoms with Crippen molar-refractivity contribution in [2.24, 2.45) is 0 Å². The summed E-state index contributed by atoms with van der Waals surface area (Å²) in [5, 5.41) is 20.0. The molecule has 6 heteroatoms. The normalized spacial score (nSPS) is 11.8. The van der Waals surface area contributed by atoms with Gasteiger partial charge < -0.3 is 15.5 Å². The Balaban J connectivity index is 2.78. The van der Waals surface area contributed by atoms with E-state index in [0.29, 0.717) is 0 Å². The molecule has 80 valence electrons. The third kappa shape index (κ3) is 2.67. The van der Waals surface area contributed by atoms with Crippen molar-refractivity contribution in [2.75, 3.05) is 0 Å². The van der Waals surface area contributed by atoms with Crippen molar-refractivity contribution in [3.8, 4) is 5.75 Å². The van der Waals surface area contributed by atoms with E-state index in [1.54, 1.807) is 0 Å². The van der Waals surface area contributed by atoms with Crippen molar-refractivity contribution in [1.82, 2.24) is 10.3 Å². The van der Waals surface area contributed by atoms with E-state index >= 15 is 0 Å². The van der Waals surface area contributed by atoms with E-state index < -0.39 is 17.9 Å². The number of nitrogens with one attached hydrogen (secondary N) is 1. The Morgan fingerprint density at radius 2 is 2.20 bits per heavy atom. The van der Waals surface area contributed by atoms with Crippen LogP contribution in [0.1, 0.15) is 17.3 Å². The van der Waals surface area contributed by atoms with Gasteiger partial charge in [0.05, 0.1) is 11.8 Å². The van der Waals surface area contributed by atoms with Crippen molar-refractivity contribution < 1.29 is 19.8 Å². The van der Waals surface area contributed by atoms with Crippen LogP contribution in [0, 0.1) is 0 Å². The van der Waals surface area contributed by atoms with Crippen LogP contribution in [0.25, 0.3) is 0 Å². The molecular weight excluding hydrogens is 200 g/mol. The summed E-state index contributed by atoms with van der Waals surface area (Å²) in [7, 11) is 0. The SMILES string of the molecule is C[C@H](NC(=O)c1ccncc1O)C(=O)O. The average molecular weight is 210 g/mol. The fourth-order valence-electron chi connectivity index (χ4n) is 0.914. The van der Waals surface area contributed by atoms with Crippen LogP contribution in [0.3, 0.4) is 0 Å². The average Bonchev–Trinajstić information content (AvgIpc) is 2.18. The number of carboxylic acid groups (broad SMARTS) is 1. The zero-order valence-corrected chi connectivity index (χ0v) is 7.97. The van der Waals surface area contributed by atoms with Gasteiger partial charge in [-0.05, 0) is 13.0 Å². The van der Waals surface area contributed by atoms with E-state index in [1.807, 2.05) is 0 Å². The van der Waals surface area contributed by atoms with Crippen LogP contribution in [-0.2, 0) is 4.79 Å². The van der Waals surface area contributed by atoms with Gasteiger partial charge in [-0.25, -0.2) is 0 Å². The van der Waals surface area contributed by atoms with E-state index in [9.17, 15) is 14.7 Å². The molecule has 3 N–H and O–H groups in total. The zero-order chi connectivity index (χ0) is 11.4. The number of amides is 1. The first-order chi connectivity index (χ1) is 7.02. The van der Waals surface area contributed by atoms with Crippen LogP contribution < -0.4 is 5.32 Å². The Bertz CT molecular complexity index is 391. The first-order valence-corrected chi connectivity index (χ1v) is 4.19. The summed E-state index contributed by atoms with van der Waals surface area (Å²) >= 11 is 0. The Labute approximate surface area is 85.6 Å². The number of pyridine rings is 1. The maximum absolute atomic E-state index is 11.4. The second kappa shape index (κ2) is 4.41. The summed E-state index contributed by atoms with van der Waals surface area (Å²) in [6.45, 7) is 1.33. The molecule has 0 aliphatic carbocycles. The highest BCUT2D eigenvalue weighted by Crippen LogP contribution is 2.13. The Kier molecular flexibility index (Phi) is 3.22. The third-order valence-electron chi connectivity index (χ3n) is 1.76. The van der Waals surface area contributed by atoms with Gasteiger partial charge in [0.15, 0.2) is 0 Å². The van der Waals surface area contributed by atoms with Crippen LogP contribution in [-0.4, -0.2) is 33.1 Å². The molecular formula is C9H10N2O4. The summed E-state index contributed by atoms with van der Waals surface area (Å²) in [5.41, 5.74) is -0.00176. The number of hydrogen-bond acceptors (Lipinski definition) is 4. The number of rotatable bonds is 3. The van der Waals surface area contributed by atoms with Gasteiger partial charge in [-0.3, -0.25) is 14.6 Å². The quantitative estimate of drug-likeness (QED) is 0.651. The standard InChI is InChI=1S/C9H10N2O4/c1-5(9(14)15)11-8(13)6-2-3-10-4-7(6)12/h2-5,12H,1H3,(H,11,13)(H,14,15)/t5-/m0/s1. The Morgan fingerprint density at radius 1 is 1.53 bits per heavy atom.